The van der Waals surface area contributed by atoms with Crippen LogP contribution in [0.3, 0.4) is 0 Å². The lowest BCUT2D eigenvalue weighted by Crippen LogP contribution is -2.45. The molecule has 0 saturated heterocycles. The van der Waals surface area contributed by atoms with E-state index in [0.717, 1.165) is 11.3 Å². The third kappa shape index (κ3) is 3.30. The Labute approximate surface area is 106 Å². The second-order valence-electron chi connectivity index (χ2n) is 4.07. The second-order valence-corrected chi connectivity index (χ2v) is 4.07. The summed E-state index contributed by atoms with van der Waals surface area (Å²) in [6.45, 7) is 4.18. The number of aliphatic carboxylic acids is 1. The first-order valence-corrected chi connectivity index (χ1v) is 5.81. The largest absolute Gasteiger partial charge is 0.481 e. The molecule has 1 rings (SSSR count). The minimum Gasteiger partial charge on any atom is -0.481 e. The third-order valence-corrected chi connectivity index (χ3v) is 2.70. The van der Waals surface area contributed by atoms with Gasteiger partial charge in [-0.05, 0) is 25.5 Å². The molecule has 18 heavy (non-hydrogen) atoms. The zero-order valence-electron chi connectivity index (χ0n) is 10.6. The van der Waals surface area contributed by atoms with Crippen molar-refractivity contribution in [3.63, 3.8) is 0 Å². The van der Waals surface area contributed by atoms with Gasteiger partial charge in [-0.3, -0.25) is 9.59 Å². The van der Waals surface area contributed by atoms with E-state index in [1.165, 1.54) is 4.90 Å². The van der Waals surface area contributed by atoms with Crippen LogP contribution in [-0.2, 0) is 9.59 Å². The molecule has 98 valence electrons. The number of carboxylic acid groups (broad SMARTS) is 1. The lowest BCUT2D eigenvalue weighted by molar-refractivity contribution is -0.139. The Morgan fingerprint density at radius 1 is 1.39 bits per heavy atom. The van der Waals surface area contributed by atoms with Gasteiger partial charge in [0.2, 0.25) is 5.91 Å². The summed E-state index contributed by atoms with van der Waals surface area (Å²) in [5, 5.41) is 8.66. The molecule has 1 atom stereocenters. The maximum atomic E-state index is 12.1. The molecule has 1 aromatic carbocycles. The van der Waals surface area contributed by atoms with E-state index in [1.54, 1.807) is 0 Å². The zero-order valence-corrected chi connectivity index (χ0v) is 10.6. The molecule has 0 bridgehead atoms. The fourth-order valence-corrected chi connectivity index (χ4v) is 1.79. The average molecular weight is 250 g/mol. The first-order chi connectivity index (χ1) is 8.47. The molecule has 0 aliphatic rings. The molecule has 1 aromatic rings. The number of amides is 1. The number of hydrogen-bond acceptors (Lipinski definition) is 3. The number of hydrogen-bond donors (Lipinski definition) is 2. The van der Waals surface area contributed by atoms with Gasteiger partial charge in [-0.25, -0.2) is 0 Å². The van der Waals surface area contributed by atoms with E-state index >= 15 is 0 Å². The summed E-state index contributed by atoms with van der Waals surface area (Å²) >= 11 is 0. The molecule has 0 radical (unpaired) electrons. The molecule has 0 saturated carbocycles. The maximum Gasteiger partial charge on any atom is 0.305 e. The number of rotatable bonds is 5. The molecule has 5 heteroatoms. The molecule has 0 heterocycles. The predicted octanol–water partition coefficient (Wildman–Crippen LogP) is 1.15. The minimum absolute atomic E-state index is 0.360. The lowest BCUT2D eigenvalue weighted by Gasteiger charge is -2.25. The van der Waals surface area contributed by atoms with E-state index < -0.39 is 12.0 Å². The van der Waals surface area contributed by atoms with Crippen LogP contribution in [0.25, 0.3) is 0 Å². The van der Waals surface area contributed by atoms with Crippen molar-refractivity contribution in [2.75, 3.05) is 11.4 Å². The molecule has 0 aromatic heterocycles. The number of nitrogens with two attached hydrogens (primary N) is 1. The molecular weight excluding hydrogens is 232 g/mol. The Bertz CT molecular complexity index is 446. The highest BCUT2D eigenvalue weighted by molar-refractivity contribution is 5.99. The van der Waals surface area contributed by atoms with Crippen molar-refractivity contribution in [3.05, 3.63) is 29.8 Å². The fraction of sp³-hybridized carbons (Fsp3) is 0.385. The summed E-state index contributed by atoms with van der Waals surface area (Å²) in [6, 6.07) is 6.43. The van der Waals surface area contributed by atoms with Crippen molar-refractivity contribution in [1.82, 2.24) is 0 Å². The van der Waals surface area contributed by atoms with Crippen LogP contribution in [0.1, 0.15) is 18.9 Å². The maximum absolute atomic E-state index is 12.1. The first-order valence-electron chi connectivity index (χ1n) is 5.81. The smallest absolute Gasteiger partial charge is 0.305 e. The van der Waals surface area contributed by atoms with E-state index in [0.29, 0.717) is 6.54 Å². The highest BCUT2D eigenvalue weighted by atomic mass is 16.4. The fourth-order valence-electron chi connectivity index (χ4n) is 1.79. The Morgan fingerprint density at radius 2 is 2.00 bits per heavy atom. The third-order valence-electron chi connectivity index (χ3n) is 2.70. The SMILES string of the molecule is CCN(C(=O)C(N)CC(=O)O)c1ccccc1C. The molecule has 0 aliphatic carbocycles. The van der Waals surface area contributed by atoms with Crippen LogP contribution >= 0.6 is 0 Å². The normalized spacial score (nSPS) is 11.9. The summed E-state index contributed by atoms with van der Waals surface area (Å²) in [7, 11) is 0. The molecular formula is C13H18N2O3. The van der Waals surface area contributed by atoms with Crippen LogP contribution in [0, 0.1) is 6.92 Å². The van der Waals surface area contributed by atoms with Crippen molar-refractivity contribution < 1.29 is 14.7 Å². The number of anilines is 1. The highest BCUT2D eigenvalue weighted by Crippen LogP contribution is 2.20. The van der Waals surface area contributed by atoms with Crippen molar-refractivity contribution >= 4 is 17.6 Å². The Morgan fingerprint density at radius 3 is 2.50 bits per heavy atom. The standard InChI is InChI=1S/C13H18N2O3/c1-3-15(11-7-5-4-6-9(11)2)13(18)10(14)8-12(16)17/h4-7,10H,3,8,14H2,1-2H3,(H,16,17). The van der Waals surface area contributed by atoms with Gasteiger partial charge < -0.3 is 15.7 Å². The quantitative estimate of drug-likeness (QED) is 0.821. The molecule has 1 amide bonds. The molecule has 0 aliphatic heterocycles. The Balaban J connectivity index is 2.93. The number of carbonyl (C=O) groups is 2. The Kier molecular flexibility index (Phi) is 4.85. The summed E-state index contributed by atoms with van der Waals surface area (Å²) in [4.78, 5) is 24.2. The lowest BCUT2D eigenvalue weighted by atomic mass is 10.1. The van der Waals surface area contributed by atoms with E-state index in [1.807, 2.05) is 38.1 Å². The summed E-state index contributed by atoms with van der Waals surface area (Å²) in [6.07, 6.45) is -0.360. The van der Waals surface area contributed by atoms with Gasteiger partial charge in [0.1, 0.15) is 0 Å². The van der Waals surface area contributed by atoms with Crippen LogP contribution in [-0.4, -0.2) is 29.6 Å². The number of likely N-dealkylation sites (N-methyl/N-ethyl adjacent to an activating group) is 1. The van der Waals surface area contributed by atoms with Crippen molar-refractivity contribution in [2.45, 2.75) is 26.3 Å². The van der Waals surface area contributed by atoms with Crippen molar-refractivity contribution in [2.24, 2.45) is 5.73 Å². The van der Waals surface area contributed by atoms with Crippen molar-refractivity contribution in [1.29, 1.82) is 0 Å². The topological polar surface area (TPSA) is 83.6 Å². The number of nitrogens with zero attached hydrogens (tertiary/aromatic N) is 1. The number of benzene rings is 1. The summed E-state index contributed by atoms with van der Waals surface area (Å²) in [5.74, 6) is -1.44. The Hall–Kier alpha value is -1.88. The number of para-hydroxylation sites is 1. The summed E-state index contributed by atoms with van der Waals surface area (Å²) < 4.78 is 0. The van der Waals surface area contributed by atoms with Crippen molar-refractivity contribution in [3.8, 4) is 0 Å². The molecule has 3 N–H and O–H groups in total. The van der Waals surface area contributed by atoms with E-state index in [2.05, 4.69) is 0 Å². The van der Waals surface area contributed by atoms with Gasteiger partial charge in [-0.15, -0.1) is 0 Å². The van der Waals surface area contributed by atoms with Gasteiger partial charge in [0.15, 0.2) is 0 Å². The zero-order chi connectivity index (χ0) is 13.7. The van der Waals surface area contributed by atoms with Crippen LogP contribution in [0.2, 0.25) is 0 Å². The van der Waals surface area contributed by atoms with Gasteiger partial charge in [0, 0.05) is 12.2 Å². The van der Waals surface area contributed by atoms with Gasteiger partial charge >= 0.3 is 5.97 Å². The molecule has 0 spiro atoms. The number of carboxylic acids is 1. The van der Waals surface area contributed by atoms with Crippen LogP contribution in [0.4, 0.5) is 5.69 Å². The average Bonchev–Trinajstić information content (AvgIpc) is 2.31. The minimum atomic E-state index is -1.07. The summed E-state index contributed by atoms with van der Waals surface area (Å²) in [5.41, 5.74) is 7.33. The second kappa shape index (κ2) is 6.16. The van der Waals surface area contributed by atoms with Gasteiger partial charge in [0.05, 0.1) is 12.5 Å². The van der Waals surface area contributed by atoms with E-state index in [9.17, 15) is 9.59 Å². The van der Waals surface area contributed by atoms with Crippen LogP contribution in [0.5, 0.6) is 0 Å². The first kappa shape index (κ1) is 14.2. The van der Waals surface area contributed by atoms with Gasteiger partial charge in [-0.2, -0.15) is 0 Å². The molecule has 5 nitrogen and oxygen atoms in total. The van der Waals surface area contributed by atoms with Gasteiger partial charge in [0.25, 0.3) is 0 Å². The van der Waals surface area contributed by atoms with Crippen LogP contribution < -0.4 is 10.6 Å². The number of carbonyl (C=O) groups excluding carboxylic acids is 1. The number of aryl methyl sites for hydroxylation is 1. The highest BCUT2D eigenvalue weighted by Gasteiger charge is 2.23. The van der Waals surface area contributed by atoms with E-state index in [-0.39, 0.29) is 12.3 Å². The molecule has 1 unspecified atom stereocenters. The van der Waals surface area contributed by atoms with Crippen LogP contribution in [0.15, 0.2) is 24.3 Å². The van der Waals surface area contributed by atoms with Gasteiger partial charge in [-0.1, -0.05) is 18.2 Å². The predicted molar refractivity (Wildman–Crippen MR) is 69.4 cm³/mol. The monoisotopic (exact) mass is 250 g/mol. The van der Waals surface area contributed by atoms with E-state index in [4.69, 9.17) is 10.8 Å². The molecule has 0 fully saturated rings.